The summed E-state index contributed by atoms with van der Waals surface area (Å²) >= 11 is 0. The van der Waals surface area contributed by atoms with E-state index in [2.05, 4.69) is 16.5 Å². The fourth-order valence-electron chi connectivity index (χ4n) is 1.17. The smallest absolute Gasteiger partial charge is 0.318 e. The maximum atomic E-state index is 8.77. The van der Waals surface area contributed by atoms with Gasteiger partial charge in [-0.25, -0.2) is 0 Å². The van der Waals surface area contributed by atoms with E-state index in [0.29, 0.717) is 22.7 Å². The van der Waals surface area contributed by atoms with Crippen LogP contribution in [0.3, 0.4) is 0 Å². The number of nitrogen functional groups attached to an aromatic ring is 1. The average molecular weight is 272 g/mol. The van der Waals surface area contributed by atoms with Crippen molar-refractivity contribution in [3.05, 3.63) is 42.1 Å². The van der Waals surface area contributed by atoms with E-state index >= 15 is 0 Å². The second-order valence-electron chi connectivity index (χ2n) is 3.38. The Hall–Kier alpha value is -2.61. The summed E-state index contributed by atoms with van der Waals surface area (Å²) in [5, 5.41) is 8.77. The molecule has 0 saturated heterocycles. The molecule has 0 aliphatic rings. The zero-order valence-corrected chi connectivity index (χ0v) is 12.3. The lowest BCUT2D eigenvalue weighted by molar-refractivity contribution is 0.380. The highest BCUT2D eigenvalue weighted by atomic mass is 16.5. The number of nitriles is 1. The maximum Gasteiger partial charge on any atom is 0.318 e. The minimum atomic E-state index is 0.186. The van der Waals surface area contributed by atoms with Crippen molar-refractivity contribution < 1.29 is 4.74 Å². The Morgan fingerprint density at radius 2 is 2.05 bits per heavy atom. The monoisotopic (exact) mass is 272 g/mol. The van der Waals surface area contributed by atoms with Crippen molar-refractivity contribution in [3.63, 3.8) is 0 Å². The van der Waals surface area contributed by atoms with Crippen molar-refractivity contribution >= 4 is 11.4 Å². The fourth-order valence-corrected chi connectivity index (χ4v) is 1.17. The van der Waals surface area contributed by atoms with Gasteiger partial charge in [0.2, 0.25) is 0 Å². The minimum absolute atomic E-state index is 0.186. The van der Waals surface area contributed by atoms with E-state index < -0.39 is 0 Å². The van der Waals surface area contributed by atoms with Gasteiger partial charge in [0.05, 0.1) is 18.9 Å². The second-order valence-corrected chi connectivity index (χ2v) is 3.38. The van der Waals surface area contributed by atoms with Crippen LogP contribution in [-0.4, -0.2) is 17.1 Å². The largest absolute Gasteiger partial charge is 0.467 e. The van der Waals surface area contributed by atoms with E-state index in [4.69, 9.17) is 15.7 Å². The highest BCUT2D eigenvalue weighted by Gasteiger charge is 2.04. The quantitative estimate of drug-likeness (QED) is 0.672. The summed E-state index contributed by atoms with van der Waals surface area (Å²) in [7, 11) is 1.46. The van der Waals surface area contributed by atoms with Gasteiger partial charge in [-0.3, -0.25) is 0 Å². The van der Waals surface area contributed by atoms with E-state index in [1.54, 1.807) is 31.2 Å². The van der Waals surface area contributed by atoms with Gasteiger partial charge < -0.3 is 10.5 Å². The normalized spacial score (nSPS) is 10.4. The first-order valence-electron chi connectivity index (χ1n) is 6.23. The van der Waals surface area contributed by atoms with Crippen LogP contribution in [0.25, 0.3) is 5.57 Å². The number of aromatic nitrogens is 2. The van der Waals surface area contributed by atoms with Gasteiger partial charge in [-0.2, -0.15) is 15.2 Å². The van der Waals surface area contributed by atoms with Crippen molar-refractivity contribution in [2.45, 2.75) is 20.8 Å². The molecular formula is C15H20N4O. The second kappa shape index (κ2) is 9.34. The Bertz CT molecular complexity index is 553. The first-order valence-corrected chi connectivity index (χ1v) is 6.23. The van der Waals surface area contributed by atoms with Crippen LogP contribution in [0.15, 0.2) is 36.4 Å². The molecule has 106 valence electrons. The number of anilines is 1. The standard InChI is InChI=1S/C13H14N4O.C2H6/c1-4-10(8-14)6-5-9(2)11-7-12(15)17-13(16-11)18-3;1-2/h4-7H,2H2,1,3H3,(H2,15,16,17);1-2H3/b6-5-,10-4+;. The van der Waals surface area contributed by atoms with Gasteiger partial charge >= 0.3 is 6.01 Å². The van der Waals surface area contributed by atoms with Crippen LogP contribution >= 0.6 is 0 Å². The third kappa shape index (κ3) is 5.36. The summed E-state index contributed by atoms with van der Waals surface area (Å²) in [6.45, 7) is 9.65. The van der Waals surface area contributed by atoms with E-state index in [0.717, 1.165) is 0 Å². The van der Waals surface area contributed by atoms with E-state index in [1.807, 2.05) is 19.9 Å². The van der Waals surface area contributed by atoms with Crippen molar-refractivity contribution in [1.82, 2.24) is 9.97 Å². The predicted molar refractivity (Wildman–Crippen MR) is 81.9 cm³/mol. The molecule has 0 atom stereocenters. The molecule has 5 nitrogen and oxygen atoms in total. The molecule has 0 unspecified atom stereocenters. The number of nitrogens with two attached hydrogens (primary N) is 1. The number of methoxy groups -OCH3 is 1. The van der Waals surface area contributed by atoms with Crippen LogP contribution in [0.2, 0.25) is 0 Å². The molecule has 1 aromatic heterocycles. The molecular weight excluding hydrogens is 252 g/mol. The first kappa shape index (κ1) is 17.4. The van der Waals surface area contributed by atoms with Crippen LogP contribution in [0.5, 0.6) is 6.01 Å². The van der Waals surface area contributed by atoms with Crippen LogP contribution in [0.4, 0.5) is 5.82 Å². The summed E-state index contributed by atoms with van der Waals surface area (Å²) in [6, 6.07) is 3.82. The zero-order valence-electron chi connectivity index (χ0n) is 12.3. The van der Waals surface area contributed by atoms with Gasteiger partial charge in [0.1, 0.15) is 5.82 Å². The van der Waals surface area contributed by atoms with Crippen LogP contribution < -0.4 is 10.5 Å². The van der Waals surface area contributed by atoms with Gasteiger partial charge in [-0.05, 0) is 18.6 Å². The summed E-state index contributed by atoms with van der Waals surface area (Å²) < 4.78 is 4.92. The highest BCUT2D eigenvalue weighted by molar-refractivity contribution is 5.71. The number of rotatable bonds is 4. The third-order valence-electron chi connectivity index (χ3n) is 2.14. The van der Waals surface area contributed by atoms with Gasteiger partial charge in [-0.1, -0.05) is 32.6 Å². The molecule has 1 aromatic rings. The minimum Gasteiger partial charge on any atom is -0.467 e. The van der Waals surface area contributed by atoms with Crippen molar-refractivity contribution in [1.29, 1.82) is 5.26 Å². The zero-order chi connectivity index (χ0) is 15.5. The molecule has 0 aromatic carbocycles. The molecule has 0 aliphatic heterocycles. The topological polar surface area (TPSA) is 84.8 Å². The molecule has 0 amide bonds. The van der Waals surface area contributed by atoms with Crippen LogP contribution in [0, 0.1) is 11.3 Å². The molecule has 0 bridgehead atoms. The predicted octanol–water partition coefficient (Wildman–Crippen LogP) is 3.13. The van der Waals surface area contributed by atoms with Gasteiger partial charge in [0.15, 0.2) is 0 Å². The van der Waals surface area contributed by atoms with Gasteiger partial charge in [0, 0.05) is 11.6 Å². The first-order chi connectivity index (χ1) is 9.60. The molecule has 0 saturated carbocycles. The Labute approximate surface area is 120 Å². The van der Waals surface area contributed by atoms with Crippen molar-refractivity contribution in [2.24, 2.45) is 0 Å². The Morgan fingerprint density at radius 3 is 2.55 bits per heavy atom. The molecule has 2 N–H and O–H groups in total. The van der Waals surface area contributed by atoms with Gasteiger partial charge in [0.25, 0.3) is 0 Å². The van der Waals surface area contributed by atoms with E-state index in [1.165, 1.54) is 7.11 Å². The average Bonchev–Trinajstić information content (AvgIpc) is 2.49. The maximum absolute atomic E-state index is 8.77. The SMILES string of the molecule is C=C(/C=C\C(C#N)=C/C)c1cc(N)nc(OC)n1.CC. The van der Waals surface area contributed by atoms with Crippen LogP contribution in [-0.2, 0) is 0 Å². The van der Waals surface area contributed by atoms with Crippen molar-refractivity contribution in [2.75, 3.05) is 12.8 Å². The lowest BCUT2D eigenvalue weighted by Gasteiger charge is -2.04. The summed E-state index contributed by atoms with van der Waals surface area (Å²) in [5.41, 5.74) is 7.35. The summed E-state index contributed by atoms with van der Waals surface area (Å²) in [5.74, 6) is 0.304. The summed E-state index contributed by atoms with van der Waals surface area (Å²) in [4.78, 5) is 7.99. The molecule has 1 rings (SSSR count). The lowest BCUT2D eigenvalue weighted by Crippen LogP contribution is -1.99. The number of hydrogen-bond donors (Lipinski definition) is 1. The lowest BCUT2D eigenvalue weighted by atomic mass is 10.1. The third-order valence-corrected chi connectivity index (χ3v) is 2.14. The fraction of sp³-hybridized carbons (Fsp3) is 0.267. The highest BCUT2D eigenvalue weighted by Crippen LogP contribution is 2.17. The number of hydrogen-bond acceptors (Lipinski definition) is 5. The molecule has 20 heavy (non-hydrogen) atoms. The van der Waals surface area contributed by atoms with Crippen molar-refractivity contribution in [3.8, 4) is 12.1 Å². The molecule has 0 radical (unpaired) electrons. The number of ether oxygens (including phenoxy) is 1. The molecule has 0 aliphatic carbocycles. The summed E-state index contributed by atoms with van der Waals surface area (Å²) in [6.07, 6.45) is 5.06. The molecule has 0 spiro atoms. The Kier molecular flexibility index (Phi) is 8.12. The number of allylic oxidation sites excluding steroid dienone is 5. The van der Waals surface area contributed by atoms with Crippen LogP contribution in [0.1, 0.15) is 26.5 Å². The van der Waals surface area contributed by atoms with Gasteiger partial charge in [-0.15, -0.1) is 0 Å². The van der Waals surface area contributed by atoms with E-state index in [-0.39, 0.29) is 6.01 Å². The Morgan fingerprint density at radius 1 is 1.40 bits per heavy atom. The van der Waals surface area contributed by atoms with E-state index in [9.17, 15) is 0 Å². The number of nitrogens with zero attached hydrogens (tertiary/aromatic N) is 3. The Balaban J connectivity index is 0.00000172. The molecule has 1 heterocycles. The molecule has 0 fully saturated rings. The molecule has 5 heteroatoms.